The SMILES string of the molecule is OC1COC(Nc2ccccc2NC2OCC(O)C(O)C2O)C(O)C1O. The van der Waals surface area contributed by atoms with Gasteiger partial charge in [0.25, 0.3) is 0 Å². The molecule has 8 unspecified atom stereocenters. The molecule has 1 aromatic carbocycles. The number of hydrogen-bond donors (Lipinski definition) is 8. The van der Waals surface area contributed by atoms with Gasteiger partial charge in [-0.1, -0.05) is 12.1 Å². The Kier molecular flexibility index (Phi) is 5.95. The Balaban J connectivity index is 1.71. The number of para-hydroxylation sites is 2. The van der Waals surface area contributed by atoms with Crippen molar-refractivity contribution in [2.75, 3.05) is 23.8 Å². The van der Waals surface area contributed by atoms with Crippen LogP contribution in [0.3, 0.4) is 0 Å². The summed E-state index contributed by atoms with van der Waals surface area (Å²) in [4.78, 5) is 0. The zero-order valence-electron chi connectivity index (χ0n) is 13.8. The third kappa shape index (κ3) is 3.92. The second-order valence-corrected chi connectivity index (χ2v) is 6.44. The molecule has 8 atom stereocenters. The van der Waals surface area contributed by atoms with Gasteiger partial charge in [-0.05, 0) is 12.1 Å². The molecule has 2 saturated heterocycles. The summed E-state index contributed by atoms with van der Waals surface area (Å²) < 4.78 is 10.6. The molecule has 8 N–H and O–H groups in total. The number of hydrogen-bond acceptors (Lipinski definition) is 10. The van der Waals surface area contributed by atoms with Crippen molar-refractivity contribution in [3.8, 4) is 0 Å². The van der Waals surface area contributed by atoms with E-state index in [9.17, 15) is 30.6 Å². The Morgan fingerprint density at radius 1 is 0.654 bits per heavy atom. The van der Waals surface area contributed by atoms with Gasteiger partial charge >= 0.3 is 0 Å². The van der Waals surface area contributed by atoms with Crippen molar-refractivity contribution >= 4 is 11.4 Å². The van der Waals surface area contributed by atoms with E-state index >= 15 is 0 Å². The van der Waals surface area contributed by atoms with Crippen molar-refractivity contribution in [3.05, 3.63) is 24.3 Å². The van der Waals surface area contributed by atoms with Gasteiger partial charge in [0.2, 0.25) is 0 Å². The molecule has 1 aromatic rings. The monoisotopic (exact) mass is 372 g/mol. The average molecular weight is 372 g/mol. The van der Waals surface area contributed by atoms with Crippen LogP contribution in [0.2, 0.25) is 0 Å². The van der Waals surface area contributed by atoms with Gasteiger partial charge < -0.3 is 50.7 Å². The lowest BCUT2D eigenvalue weighted by Gasteiger charge is -2.38. The molecule has 0 spiro atoms. The van der Waals surface area contributed by atoms with E-state index in [4.69, 9.17) is 9.47 Å². The summed E-state index contributed by atoms with van der Waals surface area (Å²) in [5.74, 6) is 0. The van der Waals surface area contributed by atoms with E-state index in [-0.39, 0.29) is 13.2 Å². The minimum atomic E-state index is -1.35. The van der Waals surface area contributed by atoms with Gasteiger partial charge in [0, 0.05) is 0 Å². The minimum Gasteiger partial charge on any atom is -0.388 e. The predicted octanol–water partition coefficient (Wildman–Crippen LogP) is -2.61. The van der Waals surface area contributed by atoms with Crippen molar-refractivity contribution in [2.45, 2.75) is 49.1 Å². The normalized spacial score (nSPS) is 40.8. The number of nitrogens with one attached hydrogen (secondary N) is 2. The highest BCUT2D eigenvalue weighted by atomic mass is 16.5. The molecule has 0 aromatic heterocycles. The molecule has 2 heterocycles. The number of aliphatic hydroxyl groups is 6. The van der Waals surface area contributed by atoms with E-state index in [1.165, 1.54) is 0 Å². The highest BCUT2D eigenvalue weighted by Crippen LogP contribution is 2.27. The van der Waals surface area contributed by atoms with E-state index in [0.717, 1.165) is 0 Å². The van der Waals surface area contributed by atoms with Crippen LogP contribution in [0.15, 0.2) is 24.3 Å². The lowest BCUT2D eigenvalue weighted by atomic mass is 10.0. The standard InChI is InChI=1S/C16H24N2O8/c19-9-5-25-15(13(23)11(9)21)17-7-3-1-2-4-8(7)18-16-14(24)12(22)10(20)6-26-16/h1-4,9-24H,5-6H2. The smallest absolute Gasteiger partial charge is 0.156 e. The summed E-state index contributed by atoms with van der Waals surface area (Å²) >= 11 is 0. The number of anilines is 2. The van der Waals surface area contributed by atoms with Crippen LogP contribution in [0, 0.1) is 0 Å². The van der Waals surface area contributed by atoms with Crippen LogP contribution >= 0.6 is 0 Å². The van der Waals surface area contributed by atoms with Gasteiger partial charge in [-0.25, -0.2) is 0 Å². The first-order chi connectivity index (χ1) is 12.4. The predicted molar refractivity (Wildman–Crippen MR) is 89.2 cm³/mol. The summed E-state index contributed by atoms with van der Waals surface area (Å²) in [5.41, 5.74) is 0.966. The Morgan fingerprint density at radius 3 is 1.42 bits per heavy atom. The van der Waals surface area contributed by atoms with Gasteiger partial charge in [-0.15, -0.1) is 0 Å². The summed E-state index contributed by atoms with van der Waals surface area (Å²) in [6.45, 7) is -0.278. The fourth-order valence-corrected chi connectivity index (χ4v) is 2.91. The molecule has 3 rings (SSSR count). The maximum Gasteiger partial charge on any atom is 0.156 e. The van der Waals surface area contributed by atoms with Crippen molar-refractivity contribution < 1.29 is 40.1 Å². The highest BCUT2D eigenvalue weighted by Gasteiger charge is 2.39. The summed E-state index contributed by atoms with van der Waals surface area (Å²) in [6.07, 6.45) is -9.64. The van der Waals surface area contributed by atoms with Gasteiger partial charge in [-0.3, -0.25) is 0 Å². The Labute approximate surface area is 149 Å². The van der Waals surface area contributed by atoms with Crippen molar-refractivity contribution in [3.63, 3.8) is 0 Å². The van der Waals surface area contributed by atoms with E-state index < -0.39 is 49.1 Å². The molecule has 0 saturated carbocycles. The number of aliphatic hydroxyl groups excluding tert-OH is 6. The zero-order valence-corrected chi connectivity index (χ0v) is 13.8. The van der Waals surface area contributed by atoms with Gasteiger partial charge in [-0.2, -0.15) is 0 Å². The molecule has 0 radical (unpaired) electrons. The lowest BCUT2D eigenvalue weighted by molar-refractivity contribution is -0.179. The van der Waals surface area contributed by atoms with Crippen LogP contribution in [0.5, 0.6) is 0 Å². The second kappa shape index (κ2) is 8.03. The molecule has 0 bridgehead atoms. The quantitative estimate of drug-likeness (QED) is 0.281. The summed E-state index contributed by atoms with van der Waals surface area (Å²) in [6, 6.07) is 6.81. The van der Waals surface area contributed by atoms with Crippen molar-refractivity contribution in [1.82, 2.24) is 0 Å². The molecule has 0 aliphatic carbocycles. The zero-order chi connectivity index (χ0) is 18.8. The Bertz CT molecular complexity index is 554. The van der Waals surface area contributed by atoms with Crippen LogP contribution in [-0.2, 0) is 9.47 Å². The number of ether oxygens (including phenoxy) is 2. The van der Waals surface area contributed by atoms with Gasteiger partial charge in [0.1, 0.15) is 36.6 Å². The topological polar surface area (TPSA) is 164 Å². The third-order valence-corrected chi connectivity index (χ3v) is 4.52. The molecule has 10 nitrogen and oxygen atoms in total. The highest BCUT2D eigenvalue weighted by molar-refractivity contribution is 5.69. The summed E-state index contributed by atoms with van der Waals surface area (Å²) in [7, 11) is 0. The minimum absolute atomic E-state index is 0.139. The van der Waals surface area contributed by atoms with E-state index in [1.54, 1.807) is 24.3 Å². The lowest BCUT2D eigenvalue weighted by Crippen LogP contribution is -2.56. The third-order valence-electron chi connectivity index (χ3n) is 4.52. The molecule has 2 aliphatic rings. The Hall–Kier alpha value is -1.50. The molecular weight excluding hydrogens is 348 g/mol. The first-order valence-electron chi connectivity index (χ1n) is 8.32. The largest absolute Gasteiger partial charge is 0.388 e. The first kappa shape index (κ1) is 19.3. The second-order valence-electron chi connectivity index (χ2n) is 6.44. The van der Waals surface area contributed by atoms with Crippen LogP contribution in [0.25, 0.3) is 0 Å². The fraction of sp³-hybridized carbons (Fsp3) is 0.625. The van der Waals surface area contributed by atoms with Crippen LogP contribution in [0.1, 0.15) is 0 Å². The molecule has 2 aliphatic heterocycles. The fourth-order valence-electron chi connectivity index (χ4n) is 2.91. The van der Waals surface area contributed by atoms with Crippen LogP contribution in [0.4, 0.5) is 11.4 Å². The maximum absolute atomic E-state index is 10.0. The molecule has 26 heavy (non-hydrogen) atoms. The molecular formula is C16H24N2O8. The number of rotatable bonds is 4. The average Bonchev–Trinajstić information content (AvgIpc) is 2.64. The van der Waals surface area contributed by atoms with Crippen LogP contribution in [-0.4, -0.2) is 92.9 Å². The summed E-state index contributed by atoms with van der Waals surface area (Å²) in [5, 5.41) is 64.5. The maximum atomic E-state index is 10.0. The van der Waals surface area contributed by atoms with Crippen LogP contribution < -0.4 is 10.6 Å². The van der Waals surface area contributed by atoms with E-state index in [2.05, 4.69) is 10.6 Å². The van der Waals surface area contributed by atoms with Gasteiger partial charge in [0.15, 0.2) is 12.5 Å². The number of benzene rings is 1. The molecule has 146 valence electrons. The van der Waals surface area contributed by atoms with E-state index in [1.807, 2.05) is 0 Å². The van der Waals surface area contributed by atoms with Gasteiger partial charge in [0.05, 0.1) is 24.6 Å². The first-order valence-corrected chi connectivity index (χ1v) is 8.32. The molecule has 0 amide bonds. The van der Waals surface area contributed by atoms with Crippen molar-refractivity contribution in [2.24, 2.45) is 0 Å². The van der Waals surface area contributed by atoms with E-state index in [0.29, 0.717) is 11.4 Å². The molecule has 10 heteroatoms. The van der Waals surface area contributed by atoms with Crippen molar-refractivity contribution in [1.29, 1.82) is 0 Å². The molecule has 2 fully saturated rings. The Morgan fingerprint density at radius 2 is 1.04 bits per heavy atom.